The van der Waals surface area contributed by atoms with Gasteiger partial charge in [-0.05, 0) is 35.2 Å². The summed E-state index contributed by atoms with van der Waals surface area (Å²) in [6.07, 6.45) is 0. The Hall–Kier alpha value is -1.91. The van der Waals surface area contributed by atoms with Crippen LogP contribution in [0.15, 0.2) is 36.4 Å². The van der Waals surface area contributed by atoms with E-state index in [1.165, 1.54) is 0 Å². The molecule has 0 atom stereocenters. The van der Waals surface area contributed by atoms with E-state index in [1.807, 2.05) is 18.2 Å². The van der Waals surface area contributed by atoms with Crippen molar-refractivity contribution in [3.63, 3.8) is 0 Å². The first-order valence-electron chi connectivity index (χ1n) is 8.36. The molecular weight excluding hydrogens is 338 g/mol. The van der Waals surface area contributed by atoms with Crippen LogP contribution in [-0.2, 0) is 13.1 Å². The topological polar surface area (TPSA) is 39.7 Å². The second kappa shape index (κ2) is 9.54. The number of nitrogens with one attached hydrogen (secondary N) is 1. The van der Waals surface area contributed by atoms with E-state index >= 15 is 0 Å². The first-order chi connectivity index (χ1) is 12.0. The third-order valence-electron chi connectivity index (χ3n) is 3.68. The third kappa shape index (κ3) is 5.83. The molecular formula is C20H26ClNO3. The molecule has 0 amide bonds. The van der Waals surface area contributed by atoms with Crippen LogP contribution in [0.3, 0.4) is 0 Å². The SMILES string of the molecule is COc1cc(Cl)c(CNCc2cccc(OCC(C)C)c2)cc1OC. The van der Waals surface area contributed by atoms with E-state index in [0.717, 1.165) is 30.0 Å². The summed E-state index contributed by atoms with van der Waals surface area (Å²) in [5, 5.41) is 4.06. The second-order valence-corrected chi connectivity index (χ2v) is 6.66. The molecule has 0 aliphatic rings. The van der Waals surface area contributed by atoms with Gasteiger partial charge < -0.3 is 19.5 Å². The van der Waals surface area contributed by atoms with Crippen molar-refractivity contribution in [3.8, 4) is 17.2 Å². The summed E-state index contributed by atoms with van der Waals surface area (Å²) in [5.41, 5.74) is 2.13. The van der Waals surface area contributed by atoms with E-state index < -0.39 is 0 Å². The predicted octanol–water partition coefficient (Wildman–Crippen LogP) is 4.68. The van der Waals surface area contributed by atoms with Crippen LogP contribution in [0.2, 0.25) is 5.02 Å². The minimum Gasteiger partial charge on any atom is -0.493 e. The third-order valence-corrected chi connectivity index (χ3v) is 4.03. The largest absolute Gasteiger partial charge is 0.493 e. The van der Waals surface area contributed by atoms with Gasteiger partial charge >= 0.3 is 0 Å². The summed E-state index contributed by atoms with van der Waals surface area (Å²) in [7, 11) is 3.21. The Bertz CT molecular complexity index is 689. The van der Waals surface area contributed by atoms with Crippen molar-refractivity contribution in [2.75, 3.05) is 20.8 Å². The van der Waals surface area contributed by atoms with Crippen molar-refractivity contribution in [2.45, 2.75) is 26.9 Å². The van der Waals surface area contributed by atoms with Crippen molar-refractivity contribution < 1.29 is 14.2 Å². The molecule has 2 aromatic carbocycles. The number of hydrogen-bond acceptors (Lipinski definition) is 4. The molecule has 1 N–H and O–H groups in total. The van der Waals surface area contributed by atoms with Crippen LogP contribution in [0, 0.1) is 5.92 Å². The fourth-order valence-corrected chi connectivity index (χ4v) is 2.60. The van der Waals surface area contributed by atoms with Gasteiger partial charge in [0, 0.05) is 24.2 Å². The molecule has 25 heavy (non-hydrogen) atoms. The molecule has 0 aromatic heterocycles. The maximum absolute atomic E-state index is 6.32. The number of methoxy groups -OCH3 is 2. The molecule has 0 saturated carbocycles. The van der Waals surface area contributed by atoms with E-state index in [-0.39, 0.29) is 0 Å². The van der Waals surface area contributed by atoms with Gasteiger partial charge in [-0.15, -0.1) is 0 Å². The molecule has 0 spiro atoms. The summed E-state index contributed by atoms with van der Waals surface area (Å²) in [4.78, 5) is 0. The summed E-state index contributed by atoms with van der Waals surface area (Å²) < 4.78 is 16.4. The van der Waals surface area contributed by atoms with Gasteiger partial charge in [0.15, 0.2) is 11.5 Å². The molecule has 0 saturated heterocycles. The van der Waals surface area contributed by atoms with E-state index in [9.17, 15) is 0 Å². The highest BCUT2D eigenvalue weighted by Crippen LogP contribution is 2.33. The highest BCUT2D eigenvalue weighted by molar-refractivity contribution is 6.31. The second-order valence-electron chi connectivity index (χ2n) is 6.25. The van der Waals surface area contributed by atoms with Crippen molar-refractivity contribution in [2.24, 2.45) is 5.92 Å². The first kappa shape index (κ1) is 19.4. The zero-order valence-corrected chi connectivity index (χ0v) is 16.0. The molecule has 136 valence electrons. The Morgan fingerprint density at radius 2 is 1.72 bits per heavy atom. The van der Waals surface area contributed by atoms with Gasteiger partial charge in [-0.25, -0.2) is 0 Å². The van der Waals surface area contributed by atoms with Gasteiger partial charge in [0.25, 0.3) is 0 Å². The van der Waals surface area contributed by atoms with Crippen LogP contribution in [0.5, 0.6) is 17.2 Å². The van der Waals surface area contributed by atoms with Crippen LogP contribution < -0.4 is 19.5 Å². The molecule has 0 aliphatic carbocycles. The van der Waals surface area contributed by atoms with Crippen molar-refractivity contribution in [1.82, 2.24) is 5.32 Å². The zero-order chi connectivity index (χ0) is 18.2. The van der Waals surface area contributed by atoms with E-state index in [0.29, 0.717) is 29.0 Å². The van der Waals surface area contributed by atoms with E-state index in [1.54, 1.807) is 20.3 Å². The summed E-state index contributed by atoms with van der Waals surface area (Å²) >= 11 is 6.32. The number of benzene rings is 2. The summed E-state index contributed by atoms with van der Waals surface area (Å²) in [6, 6.07) is 11.8. The monoisotopic (exact) mass is 363 g/mol. The van der Waals surface area contributed by atoms with Crippen LogP contribution in [0.4, 0.5) is 0 Å². The Labute approximate surface area is 155 Å². The molecule has 0 bridgehead atoms. The number of rotatable bonds is 9. The smallest absolute Gasteiger partial charge is 0.162 e. The molecule has 0 unspecified atom stereocenters. The number of ether oxygens (including phenoxy) is 3. The zero-order valence-electron chi connectivity index (χ0n) is 15.3. The van der Waals surface area contributed by atoms with Gasteiger partial charge in [0.05, 0.1) is 20.8 Å². The van der Waals surface area contributed by atoms with Gasteiger partial charge in [0.1, 0.15) is 5.75 Å². The fraction of sp³-hybridized carbons (Fsp3) is 0.400. The molecule has 2 rings (SSSR count). The van der Waals surface area contributed by atoms with Crippen LogP contribution in [0.25, 0.3) is 0 Å². The summed E-state index contributed by atoms with van der Waals surface area (Å²) in [5.74, 6) is 2.71. The molecule has 0 radical (unpaired) electrons. The Kier molecular flexibility index (Phi) is 7.41. The predicted molar refractivity (Wildman–Crippen MR) is 102 cm³/mol. The molecule has 0 heterocycles. The van der Waals surface area contributed by atoms with Crippen LogP contribution in [-0.4, -0.2) is 20.8 Å². The Morgan fingerprint density at radius 3 is 2.40 bits per heavy atom. The van der Waals surface area contributed by atoms with Gasteiger partial charge in [-0.3, -0.25) is 0 Å². The number of halogens is 1. The first-order valence-corrected chi connectivity index (χ1v) is 8.74. The van der Waals surface area contributed by atoms with Crippen molar-refractivity contribution >= 4 is 11.6 Å². The van der Waals surface area contributed by atoms with Gasteiger partial charge in [-0.2, -0.15) is 0 Å². The van der Waals surface area contributed by atoms with Gasteiger partial charge in [-0.1, -0.05) is 37.6 Å². The van der Waals surface area contributed by atoms with Crippen molar-refractivity contribution in [1.29, 1.82) is 0 Å². The highest BCUT2D eigenvalue weighted by atomic mass is 35.5. The molecule has 2 aromatic rings. The maximum atomic E-state index is 6.32. The lowest BCUT2D eigenvalue weighted by Crippen LogP contribution is -2.13. The lowest BCUT2D eigenvalue weighted by Gasteiger charge is -2.13. The average molecular weight is 364 g/mol. The minimum atomic E-state index is 0.508. The Morgan fingerprint density at radius 1 is 1.00 bits per heavy atom. The molecule has 0 aliphatic heterocycles. The molecule has 5 heteroatoms. The standard InChI is InChI=1S/C20H26ClNO3/c1-14(2)13-25-17-7-5-6-15(8-17)11-22-12-16-9-19(23-3)20(24-4)10-18(16)21/h5-10,14,22H,11-13H2,1-4H3. The fourth-order valence-electron chi connectivity index (χ4n) is 2.38. The Balaban J connectivity index is 1.95. The molecule has 4 nitrogen and oxygen atoms in total. The highest BCUT2D eigenvalue weighted by Gasteiger charge is 2.09. The van der Waals surface area contributed by atoms with E-state index in [4.69, 9.17) is 25.8 Å². The number of hydrogen-bond donors (Lipinski definition) is 1. The minimum absolute atomic E-state index is 0.508. The quantitative estimate of drug-likeness (QED) is 0.702. The van der Waals surface area contributed by atoms with Crippen molar-refractivity contribution in [3.05, 3.63) is 52.5 Å². The van der Waals surface area contributed by atoms with E-state index in [2.05, 4.69) is 31.3 Å². The average Bonchev–Trinajstić information content (AvgIpc) is 2.61. The maximum Gasteiger partial charge on any atom is 0.162 e. The summed E-state index contributed by atoms with van der Waals surface area (Å²) in [6.45, 7) is 6.36. The van der Waals surface area contributed by atoms with Crippen LogP contribution >= 0.6 is 11.6 Å². The van der Waals surface area contributed by atoms with Crippen LogP contribution in [0.1, 0.15) is 25.0 Å². The lowest BCUT2D eigenvalue weighted by atomic mass is 10.1. The lowest BCUT2D eigenvalue weighted by molar-refractivity contribution is 0.271. The van der Waals surface area contributed by atoms with Gasteiger partial charge in [0.2, 0.25) is 0 Å². The molecule has 0 fully saturated rings. The normalized spacial score (nSPS) is 10.8.